The highest BCUT2D eigenvalue weighted by Crippen LogP contribution is 2.27. The molecule has 0 saturated carbocycles. The number of H-pyrrole nitrogens is 2. The van der Waals surface area contributed by atoms with Crippen LogP contribution in [0.4, 0.5) is 0 Å². The predicted octanol–water partition coefficient (Wildman–Crippen LogP) is 1.82. The maximum atomic E-state index is 12.2. The Morgan fingerprint density at radius 3 is 2.72 bits per heavy atom. The van der Waals surface area contributed by atoms with E-state index in [1.807, 2.05) is 30.3 Å². The van der Waals surface area contributed by atoms with E-state index in [1.54, 1.807) is 17.9 Å². The number of nitrogens with zero attached hydrogens (tertiary/aromatic N) is 6. The average Bonchev–Trinajstić information content (AvgIpc) is 3.37. The Labute approximate surface area is 166 Å². The van der Waals surface area contributed by atoms with Crippen LogP contribution in [-0.4, -0.2) is 52.9 Å². The van der Waals surface area contributed by atoms with Gasteiger partial charge < -0.3 is 4.98 Å². The molecule has 9 heteroatoms. The van der Waals surface area contributed by atoms with E-state index in [-0.39, 0.29) is 5.56 Å². The first kappa shape index (κ1) is 17.7. The molecule has 1 aliphatic rings. The van der Waals surface area contributed by atoms with Crippen molar-refractivity contribution >= 4 is 11.0 Å². The molecule has 1 fully saturated rings. The summed E-state index contributed by atoms with van der Waals surface area (Å²) in [6.07, 6.45) is 3.53. The fourth-order valence-corrected chi connectivity index (χ4v) is 3.90. The number of aromatic nitrogens is 7. The fourth-order valence-electron chi connectivity index (χ4n) is 3.90. The van der Waals surface area contributed by atoms with Gasteiger partial charge in [-0.3, -0.25) is 19.5 Å². The number of nitrogens with one attached hydrogen (secondary N) is 2. The summed E-state index contributed by atoms with van der Waals surface area (Å²) in [5.74, 6) is 2.74. The smallest absolute Gasteiger partial charge is 0.262 e. The maximum Gasteiger partial charge on any atom is 0.262 e. The van der Waals surface area contributed by atoms with Crippen LogP contribution in [0.2, 0.25) is 0 Å². The van der Waals surface area contributed by atoms with Crippen molar-refractivity contribution in [1.82, 2.24) is 39.8 Å². The van der Waals surface area contributed by atoms with E-state index < -0.39 is 0 Å². The van der Waals surface area contributed by atoms with Crippen molar-refractivity contribution in [1.29, 1.82) is 0 Å². The van der Waals surface area contributed by atoms with E-state index >= 15 is 0 Å². The second-order valence-corrected chi connectivity index (χ2v) is 7.48. The summed E-state index contributed by atoms with van der Waals surface area (Å²) in [5, 5.41) is 12.1. The van der Waals surface area contributed by atoms with Gasteiger partial charge in [0.2, 0.25) is 0 Å². The molecule has 5 rings (SSSR count). The number of hydrogen-bond acceptors (Lipinski definition) is 6. The van der Waals surface area contributed by atoms with Crippen molar-refractivity contribution in [2.45, 2.75) is 25.3 Å². The Bertz CT molecular complexity index is 1180. The monoisotopic (exact) mass is 390 g/mol. The normalized spacial score (nSPS) is 15.9. The Kier molecular flexibility index (Phi) is 4.44. The highest BCUT2D eigenvalue weighted by atomic mass is 16.1. The van der Waals surface area contributed by atoms with Gasteiger partial charge in [0.1, 0.15) is 17.0 Å². The van der Waals surface area contributed by atoms with E-state index in [2.05, 4.69) is 30.2 Å². The second kappa shape index (κ2) is 7.25. The molecule has 148 valence electrons. The lowest BCUT2D eigenvalue weighted by molar-refractivity contribution is 0.197. The molecular formula is C20H22N8O. The molecule has 4 aromatic rings. The standard InChI is InChI=1S/C20H22N8O/c1-27-19-15(11-21-27)20(29)23-16(22-19)12-28-9-7-14(8-10-28)18-24-17(25-26-18)13-5-3-2-4-6-13/h2-6,11,14H,7-10,12H2,1H3,(H,22,23,29)(H,24,25,26). The summed E-state index contributed by atoms with van der Waals surface area (Å²) in [4.78, 5) is 26.7. The van der Waals surface area contributed by atoms with E-state index in [0.29, 0.717) is 29.3 Å². The number of aromatic amines is 2. The van der Waals surface area contributed by atoms with Gasteiger partial charge in [0, 0.05) is 18.5 Å². The molecule has 0 bridgehead atoms. The molecule has 1 aliphatic heterocycles. The molecule has 0 amide bonds. The highest BCUT2D eigenvalue weighted by molar-refractivity contribution is 5.72. The molecule has 9 nitrogen and oxygen atoms in total. The third kappa shape index (κ3) is 3.44. The predicted molar refractivity (Wildman–Crippen MR) is 108 cm³/mol. The molecule has 0 atom stereocenters. The van der Waals surface area contributed by atoms with Crippen molar-refractivity contribution < 1.29 is 0 Å². The van der Waals surface area contributed by atoms with Gasteiger partial charge >= 0.3 is 0 Å². The first-order valence-corrected chi connectivity index (χ1v) is 9.78. The van der Waals surface area contributed by atoms with Gasteiger partial charge in [-0.25, -0.2) is 9.97 Å². The van der Waals surface area contributed by atoms with Gasteiger partial charge in [0.25, 0.3) is 5.56 Å². The van der Waals surface area contributed by atoms with Gasteiger partial charge in [-0.05, 0) is 25.9 Å². The summed E-state index contributed by atoms with van der Waals surface area (Å²) in [6.45, 7) is 2.45. The first-order valence-electron chi connectivity index (χ1n) is 9.78. The lowest BCUT2D eigenvalue weighted by Gasteiger charge is -2.30. The minimum atomic E-state index is -0.136. The number of aryl methyl sites for hydroxylation is 1. The molecule has 0 aliphatic carbocycles. The summed E-state index contributed by atoms with van der Waals surface area (Å²) in [7, 11) is 1.80. The van der Waals surface area contributed by atoms with Crippen molar-refractivity contribution in [3.8, 4) is 11.4 Å². The molecule has 1 saturated heterocycles. The number of hydrogen-bond donors (Lipinski definition) is 2. The van der Waals surface area contributed by atoms with Crippen LogP contribution in [0.5, 0.6) is 0 Å². The summed E-state index contributed by atoms with van der Waals surface area (Å²) in [5.41, 5.74) is 1.50. The van der Waals surface area contributed by atoms with Crippen LogP contribution in [0.3, 0.4) is 0 Å². The molecule has 29 heavy (non-hydrogen) atoms. The van der Waals surface area contributed by atoms with Crippen molar-refractivity contribution in [3.63, 3.8) is 0 Å². The minimum Gasteiger partial charge on any atom is -0.309 e. The van der Waals surface area contributed by atoms with Crippen LogP contribution < -0.4 is 5.56 Å². The number of rotatable bonds is 4. The molecule has 0 radical (unpaired) electrons. The molecule has 1 aromatic carbocycles. The quantitative estimate of drug-likeness (QED) is 0.550. The molecule has 3 aromatic heterocycles. The lowest BCUT2D eigenvalue weighted by Crippen LogP contribution is -2.34. The zero-order valence-electron chi connectivity index (χ0n) is 16.2. The fraction of sp³-hybridized carbons (Fsp3) is 0.350. The van der Waals surface area contributed by atoms with Gasteiger partial charge in [-0.1, -0.05) is 30.3 Å². The second-order valence-electron chi connectivity index (χ2n) is 7.48. The number of likely N-dealkylation sites (tertiary alicyclic amines) is 1. The Balaban J connectivity index is 1.25. The topological polar surface area (TPSA) is 108 Å². The van der Waals surface area contributed by atoms with Crippen molar-refractivity contribution in [2.75, 3.05) is 13.1 Å². The Hall–Kier alpha value is -3.33. The summed E-state index contributed by atoms with van der Waals surface area (Å²) < 4.78 is 1.63. The van der Waals surface area contributed by atoms with E-state index in [1.165, 1.54) is 0 Å². The number of fused-ring (bicyclic) bond motifs is 1. The minimum absolute atomic E-state index is 0.136. The van der Waals surface area contributed by atoms with Crippen LogP contribution in [0.15, 0.2) is 41.3 Å². The lowest BCUT2D eigenvalue weighted by atomic mass is 9.96. The van der Waals surface area contributed by atoms with E-state index in [0.717, 1.165) is 43.1 Å². The molecule has 4 heterocycles. The van der Waals surface area contributed by atoms with Crippen LogP contribution in [0.1, 0.15) is 30.4 Å². The van der Waals surface area contributed by atoms with Gasteiger partial charge in [0.15, 0.2) is 11.5 Å². The van der Waals surface area contributed by atoms with Gasteiger partial charge in [-0.2, -0.15) is 10.2 Å². The van der Waals surface area contributed by atoms with Crippen LogP contribution in [0.25, 0.3) is 22.4 Å². The Morgan fingerprint density at radius 1 is 1.14 bits per heavy atom. The molecule has 0 spiro atoms. The average molecular weight is 390 g/mol. The number of piperidine rings is 1. The first-order chi connectivity index (χ1) is 14.2. The summed E-state index contributed by atoms with van der Waals surface area (Å²) in [6, 6.07) is 10.0. The van der Waals surface area contributed by atoms with E-state index in [9.17, 15) is 4.79 Å². The zero-order valence-corrected chi connectivity index (χ0v) is 16.2. The third-order valence-corrected chi connectivity index (χ3v) is 5.53. The number of benzene rings is 1. The molecule has 2 N–H and O–H groups in total. The SMILES string of the molecule is Cn1ncc2c(=O)[nH]c(CN3CCC(c4nc(-c5ccccc5)n[nH]4)CC3)nc21. The van der Waals surface area contributed by atoms with Crippen LogP contribution in [-0.2, 0) is 13.6 Å². The van der Waals surface area contributed by atoms with Gasteiger partial charge in [0.05, 0.1) is 12.7 Å². The van der Waals surface area contributed by atoms with Crippen molar-refractivity contribution in [3.05, 3.63) is 58.5 Å². The largest absolute Gasteiger partial charge is 0.309 e. The molecule has 0 unspecified atom stereocenters. The van der Waals surface area contributed by atoms with Crippen LogP contribution >= 0.6 is 0 Å². The van der Waals surface area contributed by atoms with Crippen molar-refractivity contribution in [2.24, 2.45) is 7.05 Å². The maximum absolute atomic E-state index is 12.2. The molecular weight excluding hydrogens is 368 g/mol. The van der Waals surface area contributed by atoms with Crippen LogP contribution in [0, 0.1) is 0 Å². The third-order valence-electron chi connectivity index (χ3n) is 5.53. The summed E-state index contributed by atoms with van der Waals surface area (Å²) >= 11 is 0. The highest BCUT2D eigenvalue weighted by Gasteiger charge is 2.24. The van der Waals surface area contributed by atoms with Gasteiger partial charge in [-0.15, -0.1) is 0 Å². The zero-order chi connectivity index (χ0) is 19.8. The Morgan fingerprint density at radius 2 is 1.93 bits per heavy atom. The van der Waals surface area contributed by atoms with E-state index in [4.69, 9.17) is 4.98 Å².